The third-order valence-electron chi connectivity index (χ3n) is 5.65. The van der Waals surface area contributed by atoms with E-state index in [1.165, 1.54) is 12.7 Å². The molecule has 1 aliphatic rings. The molecule has 1 saturated carbocycles. The minimum absolute atomic E-state index is 0. The van der Waals surface area contributed by atoms with Crippen molar-refractivity contribution in [2.75, 3.05) is 12.8 Å². The smallest absolute Gasteiger partial charge is 0.799 e. The van der Waals surface area contributed by atoms with Gasteiger partial charge in [-0.05, 0) is 62.5 Å². The predicted molar refractivity (Wildman–Crippen MR) is 115 cm³/mol. The third kappa shape index (κ3) is 10.4. The molecule has 0 aliphatic heterocycles. The maximum atomic E-state index is 13.7. The molecule has 0 amide bonds. The second kappa shape index (κ2) is 14.1. The predicted octanol–water partition coefficient (Wildman–Crippen LogP) is 0.0320. The van der Waals surface area contributed by atoms with Crippen molar-refractivity contribution in [3.8, 4) is 0 Å². The molecule has 1 aromatic carbocycles. The molecule has 5 nitrogen and oxygen atoms in total. The first-order valence-corrected chi connectivity index (χ1v) is 12.8. The van der Waals surface area contributed by atoms with Crippen LogP contribution in [0.15, 0.2) is 48.6 Å². The first-order chi connectivity index (χ1) is 14.2. The molecular formula is C23H33FNaO5P. The molecule has 3 N–H and O–H groups in total. The van der Waals surface area contributed by atoms with Crippen LogP contribution in [0.3, 0.4) is 0 Å². The van der Waals surface area contributed by atoms with E-state index >= 15 is 0 Å². The summed E-state index contributed by atoms with van der Waals surface area (Å²) in [5, 5.41) is 30.8. The zero-order chi connectivity index (χ0) is 22.1. The standard InChI is InChI=1S/C23H34FO5P.Na/c1-30(28,29)15-7-3-2-4-9-19-20(23(27)16-22(19)26)14-13-18(25)12-11-17-8-5-6-10-21(17)24;/h2,4-6,8,10,13-14,18-20,22-23,25-27H,3,7,9,11-12,15-16H2,1H3,(H,28,29);/q;+1/p-1/b4-2+,14-13+;. The minimum atomic E-state index is -3.22. The molecule has 1 fully saturated rings. The van der Waals surface area contributed by atoms with Crippen molar-refractivity contribution in [1.29, 1.82) is 0 Å². The van der Waals surface area contributed by atoms with Gasteiger partial charge in [0.25, 0.3) is 0 Å². The van der Waals surface area contributed by atoms with Crippen molar-refractivity contribution in [3.05, 3.63) is 60.0 Å². The molecule has 168 valence electrons. The van der Waals surface area contributed by atoms with E-state index in [0.717, 1.165) is 0 Å². The Morgan fingerprint density at radius 2 is 1.97 bits per heavy atom. The Morgan fingerprint density at radius 1 is 1.26 bits per heavy atom. The summed E-state index contributed by atoms with van der Waals surface area (Å²) in [6.07, 6.45) is 8.18. The zero-order valence-corrected chi connectivity index (χ0v) is 21.3. The van der Waals surface area contributed by atoms with Crippen LogP contribution in [0.5, 0.6) is 0 Å². The molecule has 1 aliphatic carbocycles. The number of hydrogen-bond acceptors (Lipinski definition) is 5. The fourth-order valence-corrected chi connectivity index (χ4v) is 4.69. The van der Waals surface area contributed by atoms with Gasteiger partial charge in [-0.1, -0.05) is 42.5 Å². The second-order valence-corrected chi connectivity index (χ2v) is 10.8. The third-order valence-corrected chi connectivity index (χ3v) is 6.78. The van der Waals surface area contributed by atoms with Gasteiger partial charge in [-0.25, -0.2) is 4.39 Å². The molecule has 6 atom stereocenters. The molecule has 0 heterocycles. The Labute approximate surface area is 206 Å². The van der Waals surface area contributed by atoms with E-state index in [1.54, 1.807) is 30.4 Å². The summed E-state index contributed by atoms with van der Waals surface area (Å²) in [6.45, 7) is 1.24. The molecule has 8 heteroatoms. The van der Waals surface area contributed by atoms with Crippen LogP contribution in [0, 0.1) is 17.7 Å². The number of aliphatic hydroxyl groups is 3. The van der Waals surface area contributed by atoms with Crippen LogP contribution in [0.2, 0.25) is 0 Å². The zero-order valence-electron chi connectivity index (χ0n) is 18.4. The average molecular weight is 462 g/mol. The topological polar surface area (TPSA) is 101 Å². The largest absolute Gasteiger partial charge is 1.00 e. The van der Waals surface area contributed by atoms with Gasteiger partial charge in [-0.3, -0.25) is 0 Å². The quantitative estimate of drug-likeness (QED) is 0.187. The monoisotopic (exact) mass is 462 g/mol. The van der Waals surface area contributed by atoms with E-state index in [0.29, 0.717) is 37.7 Å². The molecule has 31 heavy (non-hydrogen) atoms. The van der Waals surface area contributed by atoms with Gasteiger partial charge >= 0.3 is 29.6 Å². The first kappa shape index (κ1) is 28.7. The van der Waals surface area contributed by atoms with Crippen molar-refractivity contribution in [2.24, 2.45) is 11.8 Å². The van der Waals surface area contributed by atoms with Gasteiger partial charge in [-0.15, -0.1) is 0 Å². The Hall–Kier alpha value is -0.300. The molecule has 0 radical (unpaired) electrons. The number of aliphatic hydroxyl groups excluding tert-OH is 3. The molecular weight excluding hydrogens is 429 g/mol. The average Bonchev–Trinajstić information content (AvgIpc) is 2.94. The van der Waals surface area contributed by atoms with Crippen LogP contribution >= 0.6 is 7.37 Å². The van der Waals surface area contributed by atoms with Gasteiger partial charge in [0.2, 0.25) is 0 Å². The summed E-state index contributed by atoms with van der Waals surface area (Å²) >= 11 is 0. The Balaban J connectivity index is 0.00000480. The van der Waals surface area contributed by atoms with Gasteiger partial charge < -0.3 is 24.8 Å². The molecule has 1 aromatic rings. The van der Waals surface area contributed by atoms with Gasteiger partial charge in [0.05, 0.1) is 18.3 Å². The summed E-state index contributed by atoms with van der Waals surface area (Å²) in [7, 11) is -3.22. The maximum Gasteiger partial charge on any atom is 1.00 e. The number of allylic oxidation sites excluding steroid dienone is 2. The van der Waals surface area contributed by atoms with E-state index in [-0.39, 0.29) is 59.8 Å². The second-order valence-electron chi connectivity index (χ2n) is 8.28. The maximum absolute atomic E-state index is 13.7. The Morgan fingerprint density at radius 3 is 2.65 bits per heavy atom. The summed E-state index contributed by atoms with van der Waals surface area (Å²) in [5.41, 5.74) is 0.556. The van der Waals surface area contributed by atoms with Crippen LogP contribution in [-0.2, 0) is 11.0 Å². The molecule has 0 bridgehead atoms. The van der Waals surface area contributed by atoms with Crippen LogP contribution in [0.4, 0.5) is 4.39 Å². The van der Waals surface area contributed by atoms with Crippen molar-refractivity contribution in [2.45, 2.75) is 56.8 Å². The summed E-state index contributed by atoms with van der Waals surface area (Å²) in [6, 6.07) is 6.48. The van der Waals surface area contributed by atoms with E-state index in [2.05, 4.69) is 0 Å². The normalized spacial score (nSPS) is 26.8. The van der Waals surface area contributed by atoms with Crippen LogP contribution in [0.1, 0.15) is 37.7 Å². The van der Waals surface area contributed by atoms with E-state index in [4.69, 9.17) is 0 Å². The summed E-state index contributed by atoms with van der Waals surface area (Å²) in [4.78, 5) is 11.2. The van der Waals surface area contributed by atoms with Crippen LogP contribution < -0.4 is 34.5 Å². The van der Waals surface area contributed by atoms with Crippen LogP contribution in [-0.4, -0.2) is 46.5 Å². The van der Waals surface area contributed by atoms with E-state index in [1.807, 2.05) is 12.2 Å². The van der Waals surface area contributed by atoms with Gasteiger partial charge in [-0.2, -0.15) is 0 Å². The van der Waals surface area contributed by atoms with Gasteiger partial charge in [0, 0.05) is 19.7 Å². The minimum Gasteiger partial charge on any atom is -0.799 e. The molecule has 6 unspecified atom stereocenters. The van der Waals surface area contributed by atoms with Crippen molar-refractivity contribution < 1.29 is 58.7 Å². The molecule has 0 saturated heterocycles. The van der Waals surface area contributed by atoms with Crippen molar-refractivity contribution in [1.82, 2.24) is 0 Å². The Bertz CT molecular complexity index is 766. The molecule has 0 spiro atoms. The number of hydrogen-bond donors (Lipinski definition) is 3. The van der Waals surface area contributed by atoms with E-state index < -0.39 is 25.7 Å². The number of halogens is 1. The number of unbranched alkanes of at least 4 members (excludes halogenated alkanes) is 1. The number of aryl methyl sites for hydroxylation is 1. The molecule has 0 aromatic heterocycles. The summed E-state index contributed by atoms with van der Waals surface area (Å²) < 4.78 is 24.8. The van der Waals surface area contributed by atoms with Crippen molar-refractivity contribution in [3.63, 3.8) is 0 Å². The van der Waals surface area contributed by atoms with Gasteiger partial charge in [0.1, 0.15) is 5.82 Å². The fourth-order valence-electron chi connectivity index (χ4n) is 3.93. The molecule has 2 rings (SSSR count). The van der Waals surface area contributed by atoms with Gasteiger partial charge in [0.15, 0.2) is 0 Å². The first-order valence-electron chi connectivity index (χ1n) is 10.6. The van der Waals surface area contributed by atoms with Crippen molar-refractivity contribution >= 4 is 7.37 Å². The Kier molecular flexibility index (Phi) is 13.0. The summed E-state index contributed by atoms with van der Waals surface area (Å²) in [5.74, 6) is -0.722. The SMILES string of the molecule is CP(=O)([O-])CCC/C=C/CC1C(O)CC(O)C1/C=C/C(O)CCc1ccccc1F.[Na+]. The number of benzene rings is 1. The van der Waals surface area contributed by atoms with E-state index in [9.17, 15) is 29.2 Å². The fraction of sp³-hybridized carbons (Fsp3) is 0.565. The van der Waals surface area contributed by atoms with Crippen LogP contribution in [0.25, 0.3) is 0 Å². The number of rotatable bonds is 11.